The Bertz CT molecular complexity index is 296. The van der Waals surface area contributed by atoms with Gasteiger partial charge in [-0.3, -0.25) is 9.69 Å². The summed E-state index contributed by atoms with van der Waals surface area (Å²) in [5, 5.41) is 0. The summed E-state index contributed by atoms with van der Waals surface area (Å²) in [6.45, 7) is 8.46. The van der Waals surface area contributed by atoms with Crippen LogP contribution in [0.4, 0.5) is 0 Å². The van der Waals surface area contributed by atoms with E-state index in [0.29, 0.717) is 18.0 Å². The van der Waals surface area contributed by atoms with Gasteiger partial charge in [0, 0.05) is 31.1 Å². The van der Waals surface area contributed by atoms with Crippen molar-refractivity contribution in [3.8, 4) is 0 Å². The van der Waals surface area contributed by atoms with Gasteiger partial charge < -0.3 is 10.6 Å². The molecule has 1 amide bonds. The van der Waals surface area contributed by atoms with Crippen molar-refractivity contribution >= 4 is 5.91 Å². The van der Waals surface area contributed by atoms with Crippen LogP contribution in [0.1, 0.15) is 46.0 Å². The van der Waals surface area contributed by atoms with Crippen LogP contribution in [0.3, 0.4) is 0 Å². The first-order valence-electron chi connectivity index (χ1n) is 7.94. The second-order valence-electron chi connectivity index (χ2n) is 6.06. The lowest BCUT2D eigenvalue weighted by Crippen LogP contribution is -2.41. The second kappa shape index (κ2) is 6.71. The summed E-state index contributed by atoms with van der Waals surface area (Å²) in [5.41, 5.74) is 5.92. The number of nitrogens with zero attached hydrogens (tertiary/aromatic N) is 2. The molecule has 2 rings (SSSR count). The Morgan fingerprint density at radius 2 is 1.79 bits per heavy atom. The van der Waals surface area contributed by atoms with Gasteiger partial charge in [0.15, 0.2) is 0 Å². The van der Waals surface area contributed by atoms with Crippen LogP contribution in [0.2, 0.25) is 0 Å². The van der Waals surface area contributed by atoms with E-state index in [-0.39, 0.29) is 5.92 Å². The highest BCUT2D eigenvalue weighted by Gasteiger charge is 2.33. The first-order valence-corrected chi connectivity index (χ1v) is 7.94. The average Bonchev–Trinajstić information content (AvgIpc) is 2.90. The van der Waals surface area contributed by atoms with Crippen LogP contribution in [0.15, 0.2) is 0 Å². The number of likely N-dealkylation sites (tertiary alicyclic amines) is 1. The first kappa shape index (κ1) is 14.8. The smallest absolute Gasteiger partial charge is 0.225 e. The van der Waals surface area contributed by atoms with Gasteiger partial charge in [0.1, 0.15) is 0 Å². The molecule has 4 nitrogen and oxygen atoms in total. The van der Waals surface area contributed by atoms with Crippen molar-refractivity contribution in [3.63, 3.8) is 0 Å². The van der Waals surface area contributed by atoms with E-state index in [2.05, 4.69) is 23.6 Å². The quantitative estimate of drug-likeness (QED) is 0.838. The minimum atomic E-state index is 0.246. The van der Waals surface area contributed by atoms with E-state index < -0.39 is 0 Å². The third-order valence-electron chi connectivity index (χ3n) is 4.92. The Labute approximate surface area is 117 Å². The fourth-order valence-corrected chi connectivity index (χ4v) is 3.60. The van der Waals surface area contributed by atoms with Crippen molar-refractivity contribution in [1.82, 2.24) is 9.80 Å². The average molecular weight is 267 g/mol. The predicted molar refractivity (Wildman–Crippen MR) is 77.8 cm³/mol. The number of carbonyl (C=O) groups is 1. The molecule has 2 fully saturated rings. The van der Waals surface area contributed by atoms with Crippen molar-refractivity contribution in [1.29, 1.82) is 0 Å². The third kappa shape index (κ3) is 3.48. The monoisotopic (exact) mass is 267 g/mol. The molecule has 0 aromatic heterocycles. The highest BCUT2D eigenvalue weighted by Crippen LogP contribution is 2.27. The highest BCUT2D eigenvalue weighted by atomic mass is 16.2. The van der Waals surface area contributed by atoms with E-state index >= 15 is 0 Å². The van der Waals surface area contributed by atoms with E-state index in [9.17, 15) is 4.79 Å². The highest BCUT2D eigenvalue weighted by molar-refractivity contribution is 5.79. The molecule has 1 heterocycles. The Balaban J connectivity index is 1.84. The topological polar surface area (TPSA) is 49.6 Å². The summed E-state index contributed by atoms with van der Waals surface area (Å²) < 4.78 is 0. The molecule has 1 atom stereocenters. The molecule has 19 heavy (non-hydrogen) atoms. The number of rotatable bonds is 4. The molecule has 2 N–H and O–H groups in total. The molecule has 0 radical (unpaired) electrons. The number of likely N-dealkylation sites (N-methyl/N-ethyl adjacent to an activating group) is 1. The van der Waals surface area contributed by atoms with Crippen LogP contribution >= 0.6 is 0 Å². The molecule has 0 aromatic carbocycles. The summed E-state index contributed by atoms with van der Waals surface area (Å²) in [4.78, 5) is 17.1. The van der Waals surface area contributed by atoms with E-state index in [1.165, 1.54) is 0 Å². The second-order valence-corrected chi connectivity index (χ2v) is 6.06. The third-order valence-corrected chi connectivity index (χ3v) is 4.92. The molecule has 1 aliphatic carbocycles. The van der Waals surface area contributed by atoms with E-state index in [1.807, 2.05) is 0 Å². The van der Waals surface area contributed by atoms with Crippen LogP contribution in [-0.4, -0.2) is 54.0 Å². The van der Waals surface area contributed by atoms with Crippen molar-refractivity contribution in [3.05, 3.63) is 0 Å². The molecular weight excluding hydrogens is 238 g/mol. The molecule has 1 aliphatic heterocycles. The number of hydrogen-bond donors (Lipinski definition) is 1. The Morgan fingerprint density at radius 1 is 1.16 bits per heavy atom. The fourth-order valence-electron chi connectivity index (χ4n) is 3.60. The molecule has 0 aromatic rings. The zero-order chi connectivity index (χ0) is 13.8. The SMILES string of the molecule is CCN(CC)C1CCN(C(=O)C2CCC(N)CC2)C1. The minimum absolute atomic E-state index is 0.246. The molecule has 2 aliphatic rings. The van der Waals surface area contributed by atoms with Gasteiger partial charge >= 0.3 is 0 Å². The molecular formula is C15H29N3O. The fraction of sp³-hybridized carbons (Fsp3) is 0.933. The lowest BCUT2D eigenvalue weighted by molar-refractivity contribution is -0.135. The van der Waals surface area contributed by atoms with Gasteiger partial charge in [0.05, 0.1) is 0 Å². The first-order chi connectivity index (χ1) is 9.15. The van der Waals surface area contributed by atoms with Gasteiger partial charge in [-0.25, -0.2) is 0 Å². The number of hydrogen-bond acceptors (Lipinski definition) is 3. The Kier molecular flexibility index (Phi) is 5.22. The molecule has 4 heteroatoms. The Morgan fingerprint density at radius 3 is 2.37 bits per heavy atom. The number of amides is 1. The standard InChI is InChI=1S/C15H29N3O/c1-3-17(4-2)14-9-10-18(11-14)15(19)12-5-7-13(16)8-6-12/h12-14H,3-11,16H2,1-2H3. The Hall–Kier alpha value is -0.610. The van der Waals surface area contributed by atoms with Gasteiger partial charge in [-0.1, -0.05) is 13.8 Å². The lowest BCUT2D eigenvalue weighted by atomic mass is 9.85. The molecule has 1 saturated carbocycles. The summed E-state index contributed by atoms with van der Waals surface area (Å²) in [6, 6.07) is 0.899. The van der Waals surface area contributed by atoms with Gasteiger partial charge in [0.2, 0.25) is 5.91 Å². The van der Waals surface area contributed by atoms with Crippen molar-refractivity contribution < 1.29 is 4.79 Å². The predicted octanol–water partition coefficient (Wildman–Crippen LogP) is 1.45. The van der Waals surface area contributed by atoms with Crippen molar-refractivity contribution in [2.24, 2.45) is 11.7 Å². The number of carbonyl (C=O) groups excluding carboxylic acids is 1. The van der Waals surface area contributed by atoms with Crippen LogP contribution in [0.5, 0.6) is 0 Å². The zero-order valence-corrected chi connectivity index (χ0v) is 12.5. The van der Waals surface area contributed by atoms with Crippen LogP contribution in [0.25, 0.3) is 0 Å². The van der Waals surface area contributed by atoms with Gasteiger partial charge in [-0.2, -0.15) is 0 Å². The number of nitrogens with two attached hydrogens (primary N) is 1. The molecule has 0 spiro atoms. The normalized spacial score (nSPS) is 32.0. The maximum atomic E-state index is 12.5. The molecule has 1 saturated heterocycles. The van der Waals surface area contributed by atoms with Gasteiger partial charge in [0.25, 0.3) is 0 Å². The minimum Gasteiger partial charge on any atom is -0.341 e. The van der Waals surface area contributed by atoms with Crippen LogP contribution in [0, 0.1) is 5.92 Å². The lowest BCUT2D eigenvalue weighted by Gasteiger charge is -2.30. The summed E-state index contributed by atoms with van der Waals surface area (Å²) >= 11 is 0. The molecule has 1 unspecified atom stereocenters. The van der Waals surface area contributed by atoms with Crippen LogP contribution < -0.4 is 5.73 Å². The van der Waals surface area contributed by atoms with Gasteiger partial charge in [-0.15, -0.1) is 0 Å². The zero-order valence-electron chi connectivity index (χ0n) is 12.5. The summed E-state index contributed by atoms with van der Waals surface area (Å²) in [7, 11) is 0. The maximum absolute atomic E-state index is 12.5. The van der Waals surface area contributed by atoms with E-state index in [1.54, 1.807) is 0 Å². The summed E-state index contributed by atoms with van der Waals surface area (Å²) in [6.07, 6.45) is 5.16. The molecule has 110 valence electrons. The van der Waals surface area contributed by atoms with E-state index in [4.69, 9.17) is 5.73 Å². The van der Waals surface area contributed by atoms with Crippen LogP contribution in [-0.2, 0) is 4.79 Å². The summed E-state index contributed by atoms with van der Waals surface area (Å²) in [5.74, 6) is 0.636. The maximum Gasteiger partial charge on any atom is 0.225 e. The van der Waals surface area contributed by atoms with Gasteiger partial charge in [-0.05, 0) is 45.2 Å². The largest absolute Gasteiger partial charge is 0.341 e. The van der Waals surface area contributed by atoms with Crippen molar-refractivity contribution in [2.45, 2.75) is 58.0 Å². The van der Waals surface area contributed by atoms with E-state index in [0.717, 1.165) is 58.3 Å². The van der Waals surface area contributed by atoms with Crippen molar-refractivity contribution in [2.75, 3.05) is 26.2 Å². The molecule has 0 bridgehead atoms.